The molecule has 0 aliphatic carbocycles. The van der Waals surface area contributed by atoms with E-state index < -0.39 is 0 Å². The molecule has 0 spiro atoms. The van der Waals surface area contributed by atoms with Crippen LogP contribution in [0.15, 0.2) is 97.2 Å². The van der Waals surface area contributed by atoms with Gasteiger partial charge in [0.1, 0.15) is 5.75 Å². The van der Waals surface area contributed by atoms with Crippen molar-refractivity contribution in [1.29, 1.82) is 0 Å². The maximum atomic E-state index is 12.9. The topological polar surface area (TPSA) is 65.5 Å². The van der Waals surface area contributed by atoms with Crippen molar-refractivity contribution in [3.63, 3.8) is 0 Å². The van der Waals surface area contributed by atoms with Gasteiger partial charge in [-0.1, -0.05) is 54.6 Å². The van der Waals surface area contributed by atoms with Gasteiger partial charge in [0, 0.05) is 18.3 Å². The van der Waals surface area contributed by atoms with Gasteiger partial charge in [-0.05, 0) is 72.5 Å². The standard InChI is InChI=1S/C29H27N3O2/c33-28-16-15-24(22-7-2-1-3-8-22)19-26(28)31-29(34)23-13-11-21(12-14-23)20-32-18-6-10-27(32)25-9-4-5-17-30-25/h1-5,7-9,11-17,19,27,33H,6,10,18,20H2,(H,31,34). The van der Waals surface area contributed by atoms with E-state index in [2.05, 4.69) is 21.3 Å². The number of nitrogens with one attached hydrogen (secondary N) is 1. The molecule has 1 unspecified atom stereocenters. The SMILES string of the molecule is O=C(Nc1cc(-c2ccccc2)ccc1O)c1ccc(CN2CCCC2c2ccccn2)cc1. The molecule has 170 valence electrons. The van der Waals surface area contributed by atoms with Crippen molar-refractivity contribution < 1.29 is 9.90 Å². The van der Waals surface area contributed by atoms with Crippen LogP contribution < -0.4 is 5.32 Å². The molecule has 0 bridgehead atoms. The third kappa shape index (κ3) is 4.85. The summed E-state index contributed by atoms with van der Waals surface area (Å²) in [5.41, 5.74) is 5.17. The molecule has 1 aliphatic heterocycles. The first-order valence-electron chi connectivity index (χ1n) is 11.6. The van der Waals surface area contributed by atoms with Crippen molar-refractivity contribution in [2.45, 2.75) is 25.4 Å². The molecule has 2 N–H and O–H groups in total. The molecule has 1 aliphatic rings. The summed E-state index contributed by atoms with van der Waals surface area (Å²) >= 11 is 0. The Hall–Kier alpha value is -3.96. The van der Waals surface area contributed by atoms with Crippen LogP contribution in [0, 0.1) is 0 Å². The Labute approximate surface area is 199 Å². The molecule has 0 saturated carbocycles. The molecule has 1 atom stereocenters. The number of phenols is 1. The number of amides is 1. The van der Waals surface area contributed by atoms with Crippen molar-refractivity contribution in [1.82, 2.24) is 9.88 Å². The third-order valence-electron chi connectivity index (χ3n) is 6.35. The smallest absolute Gasteiger partial charge is 0.255 e. The molecule has 5 heteroatoms. The van der Waals surface area contributed by atoms with Gasteiger partial charge in [0.15, 0.2) is 0 Å². The summed E-state index contributed by atoms with van der Waals surface area (Å²) in [5.74, 6) is -0.209. The molecular weight excluding hydrogens is 422 g/mol. The predicted molar refractivity (Wildman–Crippen MR) is 135 cm³/mol. The fraction of sp³-hybridized carbons (Fsp3) is 0.172. The molecule has 0 radical (unpaired) electrons. The highest BCUT2D eigenvalue weighted by Gasteiger charge is 2.26. The number of pyridine rings is 1. The molecule has 5 rings (SSSR count). The van der Waals surface area contributed by atoms with Crippen LogP contribution >= 0.6 is 0 Å². The zero-order chi connectivity index (χ0) is 23.3. The molecule has 1 fully saturated rings. The Kier molecular flexibility index (Phi) is 6.36. The number of aromatic hydroxyl groups is 1. The van der Waals surface area contributed by atoms with Crippen LogP contribution in [0.1, 0.15) is 40.5 Å². The van der Waals surface area contributed by atoms with Gasteiger partial charge in [0.2, 0.25) is 0 Å². The minimum atomic E-state index is -0.250. The maximum Gasteiger partial charge on any atom is 0.255 e. The van der Waals surface area contributed by atoms with Crippen LogP contribution in [-0.2, 0) is 6.54 Å². The highest BCUT2D eigenvalue weighted by atomic mass is 16.3. The molecule has 4 aromatic rings. The van der Waals surface area contributed by atoms with Crippen molar-refractivity contribution in [2.75, 3.05) is 11.9 Å². The highest BCUT2D eigenvalue weighted by Crippen LogP contribution is 2.32. The molecule has 34 heavy (non-hydrogen) atoms. The maximum absolute atomic E-state index is 12.9. The number of anilines is 1. The normalized spacial score (nSPS) is 15.8. The summed E-state index contributed by atoms with van der Waals surface area (Å²) in [6.45, 7) is 1.86. The Balaban J connectivity index is 1.26. The van der Waals surface area contributed by atoms with Crippen LogP contribution in [0.25, 0.3) is 11.1 Å². The average molecular weight is 450 g/mol. The van der Waals surface area contributed by atoms with Gasteiger partial charge in [-0.2, -0.15) is 0 Å². The van der Waals surface area contributed by atoms with E-state index in [1.807, 2.05) is 79.0 Å². The summed E-state index contributed by atoms with van der Waals surface area (Å²) in [7, 11) is 0. The van der Waals surface area contributed by atoms with E-state index in [0.717, 1.165) is 48.3 Å². The van der Waals surface area contributed by atoms with Crippen molar-refractivity contribution in [3.05, 3.63) is 114 Å². The van der Waals surface area contributed by atoms with E-state index >= 15 is 0 Å². The fourth-order valence-electron chi connectivity index (χ4n) is 4.56. The summed E-state index contributed by atoms with van der Waals surface area (Å²) in [6.07, 6.45) is 4.13. The Morgan fingerprint density at radius 1 is 0.941 bits per heavy atom. The fourth-order valence-corrected chi connectivity index (χ4v) is 4.56. The largest absolute Gasteiger partial charge is 0.506 e. The number of phenolic OH excluding ortho intramolecular Hbond substituents is 1. The summed E-state index contributed by atoms with van der Waals surface area (Å²) in [5, 5.41) is 13.1. The molecule has 1 saturated heterocycles. The Morgan fingerprint density at radius 2 is 1.74 bits per heavy atom. The second-order valence-corrected chi connectivity index (χ2v) is 8.63. The first kappa shape index (κ1) is 21.9. The predicted octanol–water partition coefficient (Wildman–Crippen LogP) is 6.04. The number of aromatic nitrogens is 1. The van der Waals surface area contributed by atoms with E-state index in [9.17, 15) is 9.90 Å². The Bertz CT molecular complexity index is 1260. The van der Waals surface area contributed by atoms with Crippen LogP contribution in [0.3, 0.4) is 0 Å². The number of likely N-dealkylation sites (tertiary alicyclic amines) is 1. The lowest BCUT2D eigenvalue weighted by Gasteiger charge is -2.24. The van der Waals surface area contributed by atoms with Gasteiger partial charge < -0.3 is 10.4 Å². The lowest BCUT2D eigenvalue weighted by atomic mass is 10.0. The molecule has 2 heterocycles. The van der Waals surface area contributed by atoms with E-state index in [-0.39, 0.29) is 11.7 Å². The van der Waals surface area contributed by atoms with Gasteiger partial charge in [0.25, 0.3) is 5.91 Å². The number of benzene rings is 3. The number of rotatable bonds is 6. The van der Waals surface area contributed by atoms with Gasteiger partial charge in [-0.25, -0.2) is 0 Å². The molecule has 3 aromatic carbocycles. The van der Waals surface area contributed by atoms with E-state index in [1.165, 1.54) is 0 Å². The van der Waals surface area contributed by atoms with Crippen LogP contribution in [0.5, 0.6) is 5.75 Å². The van der Waals surface area contributed by atoms with Crippen LogP contribution in [0.4, 0.5) is 5.69 Å². The van der Waals surface area contributed by atoms with Crippen molar-refractivity contribution in [2.24, 2.45) is 0 Å². The number of hydrogen-bond acceptors (Lipinski definition) is 4. The zero-order valence-electron chi connectivity index (χ0n) is 18.9. The first-order chi connectivity index (χ1) is 16.7. The van der Waals surface area contributed by atoms with Crippen molar-refractivity contribution >= 4 is 11.6 Å². The van der Waals surface area contributed by atoms with E-state index in [4.69, 9.17) is 0 Å². The van der Waals surface area contributed by atoms with E-state index in [0.29, 0.717) is 17.3 Å². The van der Waals surface area contributed by atoms with Gasteiger partial charge in [-0.15, -0.1) is 0 Å². The number of nitrogens with zero attached hydrogens (tertiary/aromatic N) is 2. The monoisotopic (exact) mass is 449 g/mol. The number of carbonyl (C=O) groups excluding carboxylic acids is 1. The van der Waals surface area contributed by atoms with E-state index in [1.54, 1.807) is 12.1 Å². The van der Waals surface area contributed by atoms with Crippen LogP contribution in [0.2, 0.25) is 0 Å². The third-order valence-corrected chi connectivity index (χ3v) is 6.35. The molecule has 1 aromatic heterocycles. The van der Waals surface area contributed by atoms with Crippen LogP contribution in [-0.4, -0.2) is 27.4 Å². The molecule has 5 nitrogen and oxygen atoms in total. The first-order valence-corrected chi connectivity index (χ1v) is 11.6. The lowest BCUT2D eigenvalue weighted by molar-refractivity contribution is 0.102. The number of carbonyl (C=O) groups is 1. The lowest BCUT2D eigenvalue weighted by Crippen LogP contribution is -2.23. The second kappa shape index (κ2) is 9.89. The molecular formula is C29H27N3O2. The Morgan fingerprint density at radius 3 is 2.50 bits per heavy atom. The summed E-state index contributed by atoms with van der Waals surface area (Å²) in [6, 6.07) is 29.2. The second-order valence-electron chi connectivity index (χ2n) is 8.63. The van der Waals surface area contributed by atoms with Crippen molar-refractivity contribution in [3.8, 4) is 16.9 Å². The molecule has 1 amide bonds. The van der Waals surface area contributed by atoms with Gasteiger partial charge in [-0.3, -0.25) is 14.7 Å². The summed E-state index contributed by atoms with van der Waals surface area (Å²) < 4.78 is 0. The average Bonchev–Trinajstić information content (AvgIpc) is 3.35. The zero-order valence-corrected chi connectivity index (χ0v) is 18.9. The van der Waals surface area contributed by atoms with Gasteiger partial charge in [0.05, 0.1) is 17.4 Å². The summed E-state index contributed by atoms with van der Waals surface area (Å²) in [4.78, 5) is 19.9. The minimum Gasteiger partial charge on any atom is -0.506 e. The number of hydrogen-bond donors (Lipinski definition) is 2. The van der Waals surface area contributed by atoms with Gasteiger partial charge >= 0.3 is 0 Å². The highest BCUT2D eigenvalue weighted by molar-refractivity contribution is 6.05. The minimum absolute atomic E-state index is 0.0410. The quantitative estimate of drug-likeness (QED) is 0.352.